The van der Waals surface area contributed by atoms with Gasteiger partial charge in [-0.1, -0.05) is 0 Å². The lowest BCUT2D eigenvalue weighted by molar-refractivity contribution is -0.146. The normalized spacial score (nSPS) is 11.7. The number of halogens is 1. The van der Waals surface area contributed by atoms with Crippen molar-refractivity contribution >= 4 is 17.7 Å². The van der Waals surface area contributed by atoms with Crippen LogP contribution >= 0.6 is 0 Å². The summed E-state index contributed by atoms with van der Waals surface area (Å²) in [4.78, 5) is 21.6. The van der Waals surface area contributed by atoms with E-state index < -0.39 is 23.9 Å². The topological polar surface area (TPSA) is 98.7 Å². The molecule has 4 N–H and O–H groups in total. The molecular formula is C11H13FN2O4. The minimum Gasteiger partial charge on any atom is -0.479 e. The Labute approximate surface area is 102 Å². The Balaban J connectivity index is 2.30. The van der Waals surface area contributed by atoms with Crippen molar-refractivity contribution in [1.82, 2.24) is 5.32 Å². The number of nitrogens with one attached hydrogen (secondary N) is 2. The van der Waals surface area contributed by atoms with Gasteiger partial charge in [0.05, 0.1) is 0 Å². The fourth-order valence-electron chi connectivity index (χ4n) is 1.15. The van der Waals surface area contributed by atoms with Crippen LogP contribution in [0.4, 0.5) is 14.9 Å². The molecule has 0 saturated carbocycles. The van der Waals surface area contributed by atoms with Crippen LogP contribution in [-0.2, 0) is 4.79 Å². The van der Waals surface area contributed by atoms with Gasteiger partial charge in [-0.3, -0.25) is 0 Å². The molecule has 18 heavy (non-hydrogen) atoms. The SMILES string of the molecule is O=C(NCC[C@H](O)C(=O)O)Nc1ccc(F)cc1. The number of carboxylic acids is 1. The van der Waals surface area contributed by atoms with Crippen molar-refractivity contribution in [3.63, 3.8) is 0 Å². The Kier molecular flexibility index (Phi) is 5.06. The van der Waals surface area contributed by atoms with E-state index in [1.165, 1.54) is 24.3 Å². The lowest BCUT2D eigenvalue weighted by atomic mass is 10.2. The molecule has 2 amide bonds. The van der Waals surface area contributed by atoms with Crippen molar-refractivity contribution < 1.29 is 24.2 Å². The third-order valence-electron chi connectivity index (χ3n) is 2.09. The van der Waals surface area contributed by atoms with Gasteiger partial charge in [0.25, 0.3) is 0 Å². The maximum atomic E-state index is 12.6. The summed E-state index contributed by atoms with van der Waals surface area (Å²) in [6.45, 7) is 0.0144. The highest BCUT2D eigenvalue weighted by Gasteiger charge is 2.12. The smallest absolute Gasteiger partial charge is 0.332 e. The Bertz CT molecular complexity index is 422. The molecule has 0 fully saturated rings. The average molecular weight is 256 g/mol. The number of aliphatic hydroxyl groups is 1. The molecule has 0 aliphatic heterocycles. The van der Waals surface area contributed by atoms with Crippen LogP contribution in [-0.4, -0.2) is 34.9 Å². The summed E-state index contributed by atoms with van der Waals surface area (Å²) in [7, 11) is 0. The van der Waals surface area contributed by atoms with Gasteiger partial charge in [0, 0.05) is 18.7 Å². The molecule has 1 rings (SSSR count). The highest BCUT2D eigenvalue weighted by molar-refractivity contribution is 5.89. The number of amides is 2. The molecule has 6 nitrogen and oxygen atoms in total. The first kappa shape index (κ1) is 13.9. The number of carboxylic acid groups (broad SMARTS) is 1. The largest absolute Gasteiger partial charge is 0.479 e. The molecule has 0 aromatic heterocycles. The molecule has 0 bridgehead atoms. The van der Waals surface area contributed by atoms with Gasteiger partial charge >= 0.3 is 12.0 Å². The standard InChI is InChI=1S/C11H13FN2O4/c12-7-1-3-8(4-2-7)14-11(18)13-6-5-9(15)10(16)17/h1-4,9,15H,5-6H2,(H,16,17)(H2,13,14,18)/t9-/m0/s1. The molecule has 0 aliphatic rings. The van der Waals surface area contributed by atoms with Crippen molar-refractivity contribution in [2.45, 2.75) is 12.5 Å². The number of aliphatic hydroxyl groups excluding tert-OH is 1. The summed E-state index contributed by atoms with van der Waals surface area (Å²) < 4.78 is 12.6. The number of rotatable bonds is 5. The Hall–Kier alpha value is -2.15. The summed E-state index contributed by atoms with van der Waals surface area (Å²) in [5, 5.41) is 22.1. The molecule has 0 saturated heterocycles. The zero-order valence-electron chi connectivity index (χ0n) is 9.39. The van der Waals surface area contributed by atoms with E-state index in [0.717, 1.165) is 0 Å². The molecule has 98 valence electrons. The van der Waals surface area contributed by atoms with Crippen LogP contribution in [0.15, 0.2) is 24.3 Å². The summed E-state index contributed by atoms with van der Waals surface area (Å²) in [6, 6.07) is 4.62. The molecule has 0 spiro atoms. The van der Waals surface area contributed by atoms with Crippen molar-refractivity contribution in [2.24, 2.45) is 0 Å². The van der Waals surface area contributed by atoms with E-state index in [9.17, 15) is 14.0 Å². The maximum absolute atomic E-state index is 12.6. The maximum Gasteiger partial charge on any atom is 0.332 e. The Morgan fingerprint density at radius 3 is 2.44 bits per heavy atom. The third kappa shape index (κ3) is 4.79. The van der Waals surface area contributed by atoms with E-state index in [4.69, 9.17) is 10.2 Å². The first-order chi connectivity index (χ1) is 8.49. The van der Waals surface area contributed by atoms with E-state index in [2.05, 4.69) is 10.6 Å². The number of carbonyl (C=O) groups excluding carboxylic acids is 1. The van der Waals surface area contributed by atoms with Crippen LogP contribution in [0.1, 0.15) is 6.42 Å². The number of hydrogen-bond acceptors (Lipinski definition) is 3. The van der Waals surface area contributed by atoms with E-state index in [-0.39, 0.29) is 13.0 Å². The van der Waals surface area contributed by atoms with E-state index in [0.29, 0.717) is 5.69 Å². The van der Waals surface area contributed by atoms with Crippen molar-refractivity contribution in [3.8, 4) is 0 Å². The van der Waals surface area contributed by atoms with Crippen molar-refractivity contribution in [3.05, 3.63) is 30.1 Å². The fourth-order valence-corrected chi connectivity index (χ4v) is 1.15. The van der Waals surface area contributed by atoms with Crippen molar-refractivity contribution in [1.29, 1.82) is 0 Å². The molecule has 0 heterocycles. The number of benzene rings is 1. The third-order valence-corrected chi connectivity index (χ3v) is 2.09. The molecule has 1 aromatic carbocycles. The van der Waals surface area contributed by atoms with Gasteiger partial charge in [-0.05, 0) is 24.3 Å². The lowest BCUT2D eigenvalue weighted by Gasteiger charge is -2.08. The van der Waals surface area contributed by atoms with E-state index in [1.807, 2.05) is 0 Å². The van der Waals surface area contributed by atoms with Gasteiger partial charge in [-0.15, -0.1) is 0 Å². The number of urea groups is 1. The second kappa shape index (κ2) is 6.55. The zero-order chi connectivity index (χ0) is 13.5. The van der Waals surface area contributed by atoms with Gasteiger partial charge in [-0.2, -0.15) is 0 Å². The zero-order valence-corrected chi connectivity index (χ0v) is 9.39. The highest BCUT2D eigenvalue weighted by atomic mass is 19.1. The molecule has 0 aliphatic carbocycles. The average Bonchev–Trinajstić information content (AvgIpc) is 2.32. The fraction of sp³-hybridized carbons (Fsp3) is 0.273. The number of hydrogen-bond donors (Lipinski definition) is 4. The van der Waals surface area contributed by atoms with Gasteiger partial charge in [0.1, 0.15) is 5.82 Å². The van der Waals surface area contributed by atoms with Gasteiger partial charge < -0.3 is 20.8 Å². The highest BCUT2D eigenvalue weighted by Crippen LogP contribution is 2.07. The second-order valence-corrected chi connectivity index (χ2v) is 3.53. The molecular weight excluding hydrogens is 243 g/mol. The summed E-state index contributed by atoms with van der Waals surface area (Å²) in [6.07, 6.45) is -1.59. The second-order valence-electron chi connectivity index (χ2n) is 3.53. The van der Waals surface area contributed by atoms with Gasteiger partial charge in [-0.25, -0.2) is 14.0 Å². The predicted molar refractivity (Wildman–Crippen MR) is 61.7 cm³/mol. The lowest BCUT2D eigenvalue weighted by Crippen LogP contribution is -2.33. The number of anilines is 1. The quantitative estimate of drug-likeness (QED) is 0.625. The minimum atomic E-state index is -1.50. The van der Waals surface area contributed by atoms with Crippen LogP contribution in [0.5, 0.6) is 0 Å². The van der Waals surface area contributed by atoms with Crippen LogP contribution in [0.3, 0.4) is 0 Å². The monoisotopic (exact) mass is 256 g/mol. The predicted octanol–water partition coefficient (Wildman–Crippen LogP) is 0.783. The molecule has 1 aromatic rings. The Morgan fingerprint density at radius 1 is 1.28 bits per heavy atom. The number of aliphatic carboxylic acids is 1. The Morgan fingerprint density at radius 2 is 1.89 bits per heavy atom. The summed E-state index contributed by atoms with van der Waals surface area (Å²) in [5.41, 5.74) is 0.410. The van der Waals surface area contributed by atoms with Gasteiger partial charge in [0.15, 0.2) is 6.10 Å². The van der Waals surface area contributed by atoms with Crippen LogP contribution in [0.25, 0.3) is 0 Å². The van der Waals surface area contributed by atoms with Crippen LogP contribution < -0.4 is 10.6 Å². The van der Waals surface area contributed by atoms with Gasteiger partial charge in [0.2, 0.25) is 0 Å². The minimum absolute atomic E-state index is 0.0144. The van der Waals surface area contributed by atoms with E-state index in [1.54, 1.807) is 0 Å². The first-order valence-electron chi connectivity index (χ1n) is 5.20. The molecule has 1 atom stereocenters. The van der Waals surface area contributed by atoms with E-state index >= 15 is 0 Å². The van der Waals surface area contributed by atoms with Crippen molar-refractivity contribution in [2.75, 3.05) is 11.9 Å². The molecule has 0 unspecified atom stereocenters. The van der Waals surface area contributed by atoms with Crippen LogP contribution in [0, 0.1) is 5.82 Å². The van der Waals surface area contributed by atoms with Crippen LogP contribution in [0.2, 0.25) is 0 Å². The summed E-state index contributed by atoms with van der Waals surface area (Å²) in [5.74, 6) is -1.75. The summed E-state index contributed by atoms with van der Waals surface area (Å²) >= 11 is 0. The molecule has 7 heteroatoms. The number of carbonyl (C=O) groups is 2. The first-order valence-corrected chi connectivity index (χ1v) is 5.20. The molecule has 0 radical (unpaired) electrons.